The van der Waals surface area contributed by atoms with Gasteiger partial charge in [0, 0.05) is 18.6 Å². The molecule has 1 saturated heterocycles. The highest BCUT2D eigenvalue weighted by Crippen LogP contribution is 2.21. The van der Waals surface area contributed by atoms with Gasteiger partial charge >= 0.3 is 0 Å². The monoisotopic (exact) mass is 212 g/mol. The average molecular weight is 212 g/mol. The van der Waals surface area contributed by atoms with E-state index in [2.05, 4.69) is 18.7 Å². The van der Waals surface area contributed by atoms with Crippen LogP contribution in [0.2, 0.25) is 0 Å². The highest BCUT2D eigenvalue weighted by atomic mass is 15.2. The van der Waals surface area contributed by atoms with E-state index in [1.54, 1.807) is 0 Å². The van der Waals surface area contributed by atoms with Crippen molar-refractivity contribution in [2.75, 3.05) is 13.1 Å². The van der Waals surface area contributed by atoms with Crippen LogP contribution in [0.3, 0.4) is 0 Å². The lowest BCUT2D eigenvalue weighted by molar-refractivity contribution is 0.102. The van der Waals surface area contributed by atoms with Crippen LogP contribution in [0, 0.1) is 0 Å². The van der Waals surface area contributed by atoms with Gasteiger partial charge in [-0.25, -0.2) is 0 Å². The number of piperidine rings is 1. The van der Waals surface area contributed by atoms with E-state index in [0.717, 1.165) is 12.6 Å². The normalized spacial score (nSPS) is 25.4. The first-order valence-electron chi connectivity index (χ1n) is 6.75. The molecule has 1 rings (SSSR count). The Labute approximate surface area is 95.2 Å². The lowest BCUT2D eigenvalue weighted by atomic mass is 9.98. The van der Waals surface area contributed by atoms with Crippen molar-refractivity contribution >= 4 is 0 Å². The Morgan fingerprint density at radius 3 is 2.73 bits per heavy atom. The van der Waals surface area contributed by atoms with Crippen LogP contribution < -0.4 is 5.73 Å². The molecule has 2 N–H and O–H groups in total. The van der Waals surface area contributed by atoms with Crippen LogP contribution in [0.1, 0.15) is 58.8 Å². The molecular weight excluding hydrogens is 184 g/mol. The molecule has 0 aliphatic carbocycles. The topological polar surface area (TPSA) is 29.3 Å². The van der Waals surface area contributed by atoms with Gasteiger partial charge in [0.05, 0.1) is 0 Å². The van der Waals surface area contributed by atoms with Gasteiger partial charge in [-0.2, -0.15) is 0 Å². The molecule has 2 atom stereocenters. The molecule has 2 heteroatoms. The Morgan fingerprint density at radius 1 is 1.33 bits per heavy atom. The first-order valence-corrected chi connectivity index (χ1v) is 6.75. The summed E-state index contributed by atoms with van der Waals surface area (Å²) < 4.78 is 0. The zero-order chi connectivity index (χ0) is 11.1. The van der Waals surface area contributed by atoms with Crippen LogP contribution in [-0.2, 0) is 0 Å². The van der Waals surface area contributed by atoms with Gasteiger partial charge < -0.3 is 5.73 Å². The first kappa shape index (κ1) is 13.0. The van der Waals surface area contributed by atoms with E-state index >= 15 is 0 Å². The summed E-state index contributed by atoms with van der Waals surface area (Å²) in [7, 11) is 0. The summed E-state index contributed by atoms with van der Waals surface area (Å²) in [5, 5.41) is 0. The van der Waals surface area contributed by atoms with E-state index in [1.807, 2.05) is 0 Å². The molecule has 90 valence electrons. The third-order valence-electron chi connectivity index (χ3n) is 3.74. The molecule has 15 heavy (non-hydrogen) atoms. The smallest absolute Gasteiger partial charge is 0.0221 e. The predicted octanol–water partition coefficient (Wildman–Crippen LogP) is 2.77. The molecular formula is C13H28N2. The first-order chi connectivity index (χ1) is 7.29. The maximum absolute atomic E-state index is 5.91. The summed E-state index contributed by atoms with van der Waals surface area (Å²) >= 11 is 0. The molecule has 0 aromatic carbocycles. The van der Waals surface area contributed by atoms with Gasteiger partial charge in [0.25, 0.3) is 0 Å². The fourth-order valence-electron chi connectivity index (χ4n) is 2.71. The minimum absolute atomic E-state index is 0.645. The zero-order valence-electron chi connectivity index (χ0n) is 10.5. The highest BCUT2D eigenvalue weighted by molar-refractivity contribution is 4.80. The number of likely N-dealkylation sites (tertiary alicyclic amines) is 1. The molecule has 1 fully saturated rings. The van der Waals surface area contributed by atoms with Crippen molar-refractivity contribution in [1.82, 2.24) is 4.90 Å². The van der Waals surface area contributed by atoms with Crippen molar-refractivity contribution in [2.45, 2.75) is 70.9 Å². The summed E-state index contributed by atoms with van der Waals surface area (Å²) in [5.74, 6) is 0. The highest BCUT2D eigenvalue weighted by Gasteiger charge is 2.24. The average Bonchev–Trinajstić information content (AvgIpc) is 2.26. The van der Waals surface area contributed by atoms with Gasteiger partial charge in [0.1, 0.15) is 0 Å². The lowest BCUT2D eigenvalue weighted by Crippen LogP contribution is -2.48. The van der Waals surface area contributed by atoms with Crippen LogP contribution in [0.15, 0.2) is 0 Å². The van der Waals surface area contributed by atoms with Gasteiger partial charge in [0.15, 0.2) is 0 Å². The van der Waals surface area contributed by atoms with E-state index < -0.39 is 0 Å². The van der Waals surface area contributed by atoms with Crippen molar-refractivity contribution in [3.63, 3.8) is 0 Å². The largest absolute Gasteiger partial charge is 0.329 e. The van der Waals surface area contributed by atoms with Crippen molar-refractivity contribution in [3.8, 4) is 0 Å². The molecule has 1 aliphatic rings. The van der Waals surface area contributed by atoms with Gasteiger partial charge in [-0.1, -0.05) is 32.6 Å². The Kier molecular flexibility index (Phi) is 6.26. The van der Waals surface area contributed by atoms with Gasteiger partial charge in [-0.15, -0.1) is 0 Å². The van der Waals surface area contributed by atoms with Crippen LogP contribution in [0.5, 0.6) is 0 Å². The Balaban J connectivity index is 2.34. The van der Waals surface area contributed by atoms with E-state index in [9.17, 15) is 0 Å². The van der Waals surface area contributed by atoms with Crippen LogP contribution in [-0.4, -0.2) is 30.1 Å². The minimum atomic E-state index is 0.645. The van der Waals surface area contributed by atoms with E-state index in [0.29, 0.717) is 6.04 Å². The van der Waals surface area contributed by atoms with Crippen molar-refractivity contribution in [3.05, 3.63) is 0 Å². The molecule has 0 spiro atoms. The minimum Gasteiger partial charge on any atom is -0.329 e. The van der Waals surface area contributed by atoms with E-state index in [4.69, 9.17) is 5.73 Å². The quantitative estimate of drug-likeness (QED) is 0.686. The third kappa shape index (κ3) is 4.12. The molecule has 0 amide bonds. The SMILES string of the molecule is CCCCCC(CN)N1CCCCC1C. The van der Waals surface area contributed by atoms with Crippen LogP contribution >= 0.6 is 0 Å². The predicted molar refractivity (Wildman–Crippen MR) is 67.0 cm³/mol. The fourth-order valence-corrected chi connectivity index (χ4v) is 2.71. The second-order valence-corrected chi connectivity index (χ2v) is 4.97. The summed E-state index contributed by atoms with van der Waals surface area (Å²) in [6.45, 7) is 6.74. The molecule has 0 radical (unpaired) electrons. The van der Waals surface area contributed by atoms with Crippen LogP contribution in [0.25, 0.3) is 0 Å². The number of nitrogens with zero attached hydrogens (tertiary/aromatic N) is 1. The van der Waals surface area contributed by atoms with Crippen molar-refractivity contribution < 1.29 is 0 Å². The molecule has 1 aliphatic heterocycles. The molecule has 0 saturated carbocycles. The Bertz CT molecular complexity index is 159. The second-order valence-electron chi connectivity index (χ2n) is 4.97. The van der Waals surface area contributed by atoms with Crippen molar-refractivity contribution in [1.29, 1.82) is 0 Å². The van der Waals surface area contributed by atoms with Crippen molar-refractivity contribution in [2.24, 2.45) is 5.73 Å². The molecule has 0 aromatic rings. The van der Waals surface area contributed by atoms with E-state index in [1.165, 1.54) is 51.5 Å². The van der Waals surface area contributed by atoms with E-state index in [-0.39, 0.29) is 0 Å². The van der Waals surface area contributed by atoms with Crippen LogP contribution in [0.4, 0.5) is 0 Å². The number of hydrogen-bond donors (Lipinski definition) is 1. The molecule has 1 heterocycles. The molecule has 2 nitrogen and oxygen atoms in total. The summed E-state index contributed by atoms with van der Waals surface area (Å²) in [6.07, 6.45) is 9.46. The summed E-state index contributed by atoms with van der Waals surface area (Å²) in [6, 6.07) is 1.40. The second kappa shape index (κ2) is 7.24. The zero-order valence-corrected chi connectivity index (χ0v) is 10.5. The number of hydrogen-bond acceptors (Lipinski definition) is 2. The lowest BCUT2D eigenvalue weighted by Gasteiger charge is -2.39. The molecule has 0 aromatic heterocycles. The standard InChI is InChI=1S/C13H28N2/c1-3-4-5-9-13(11-14)15-10-7-6-8-12(15)2/h12-13H,3-11,14H2,1-2H3. The number of nitrogens with two attached hydrogens (primary N) is 1. The maximum atomic E-state index is 5.91. The van der Waals surface area contributed by atoms with Gasteiger partial charge in [-0.05, 0) is 32.7 Å². The molecule has 0 bridgehead atoms. The third-order valence-corrected chi connectivity index (χ3v) is 3.74. The van der Waals surface area contributed by atoms with Gasteiger partial charge in [0.2, 0.25) is 0 Å². The summed E-state index contributed by atoms with van der Waals surface area (Å²) in [4.78, 5) is 2.65. The summed E-state index contributed by atoms with van der Waals surface area (Å²) in [5.41, 5.74) is 5.91. The van der Waals surface area contributed by atoms with Gasteiger partial charge in [-0.3, -0.25) is 4.90 Å². The number of unbranched alkanes of at least 4 members (excludes halogenated alkanes) is 2. The number of rotatable bonds is 6. The maximum Gasteiger partial charge on any atom is 0.0221 e. The molecule has 2 unspecified atom stereocenters. The Morgan fingerprint density at radius 2 is 2.13 bits per heavy atom. The Hall–Kier alpha value is -0.0800. The fraction of sp³-hybridized carbons (Fsp3) is 1.00.